The normalized spacial score (nSPS) is 16.9. The predicted octanol–water partition coefficient (Wildman–Crippen LogP) is 2.57. The van der Waals surface area contributed by atoms with Gasteiger partial charge in [0, 0.05) is 26.2 Å². The van der Waals surface area contributed by atoms with Crippen molar-refractivity contribution in [1.29, 1.82) is 0 Å². The van der Waals surface area contributed by atoms with Gasteiger partial charge in [0.05, 0.1) is 40.3 Å². The first-order chi connectivity index (χ1) is 15.7. The topological polar surface area (TPSA) is 102 Å². The Labute approximate surface area is 202 Å². The molecular weight excluding hydrogens is 491 g/mol. The van der Waals surface area contributed by atoms with Gasteiger partial charge in [-0.05, 0) is 42.0 Å². The highest BCUT2D eigenvalue weighted by atomic mass is 35.5. The number of methoxy groups -OCH3 is 1. The van der Waals surface area contributed by atoms with Crippen LogP contribution in [0.3, 0.4) is 0 Å². The summed E-state index contributed by atoms with van der Waals surface area (Å²) in [7, 11) is -2.62. The first-order valence-corrected chi connectivity index (χ1v) is 12.5. The SMILES string of the molecule is COC(=O)c1ccc(S(=O)(=O)CC(=O)NCC2CN(Cc3ccc(Cl)c(Cl)c3)CCO2)cc1. The number of hydrogen-bond donors (Lipinski definition) is 1. The van der Waals surface area contributed by atoms with E-state index in [0.717, 1.165) is 12.1 Å². The van der Waals surface area contributed by atoms with Crippen LogP contribution in [0.25, 0.3) is 0 Å². The number of halogens is 2. The molecule has 0 spiro atoms. The maximum absolute atomic E-state index is 12.5. The van der Waals surface area contributed by atoms with Gasteiger partial charge < -0.3 is 14.8 Å². The molecule has 0 saturated carbocycles. The highest BCUT2D eigenvalue weighted by molar-refractivity contribution is 7.92. The number of ether oxygens (including phenoxy) is 2. The Morgan fingerprint density at radius 1 is 1.15 bits per heavy atom. The number of benzene rings is 2. The molecule has 1 aliphatic rings. The molecule has 0 aromatic heterocycles. The van der Waals surface area contributed by atoms with Crippen LogP contribution >= 0.6 is 23.2 Å². The number of morpholine rings is 1. The Hall–Kier alpha value is -2.17. The smallest absolute Gasteiger partial charge is 0.337 e. The van der Waals surface area contributed by atoms with Gasteiger partial charge in [-0.1, -0.05) is 29.3 Å². The summed E-state index contributed by atoms with van der Waals surface area (Å²) in [4.78, 5) is 25.9. The molecule has 0 radical (unpaired) electrons. The van der Waals surface area contributed by atoms with Crippen LogP contribution < -0.4 is 5.32 Å². The number of sulfone groups is 1. The molecular formula is C22H24Cl2N2O6S. The van der Waals surface area contributed by atoms with Gasteiger partial charge in [-0.2, -0.15) is 0 Å². The zero-order chi connectivity index (χ0) is 24.0. The molecule has 1 unspecified atom stereocenters. The molecule has 178 valence electrons. The van der Waals surface area contributed by atoms with Crippen molar-refractivity contribution in [3.05, 3.63) is 63.6 Å². The molecule has 1 amide bonds. The number of hydrogen-bond acceptors (Lipinski definition) is 7. The number of esters is 1. The van der Waals surface area contributed by atoms with Crippen LogP contribution in [0.4, 0.5) is 0 Å². The molecule has 0 bridgehead atoms. The monoisotopic (exact) mass is 514 g/mol. The minimum atomic E-state index is -3.86. The zero-order valence-corrected chi connectivity index (χ0v) is 20.3. The molecule has 1 fully saturated rings. The average molecular weight is 515 g/mol. The third-order valence-corrected chi connectivity index (χ3v) is 7.47. The fraction of sp³-hybridized carbons (Fsp3) is 0.364. The van der Waals surface area contributed by atoms with E-state index >= 15 is 0 Å². The Morgan fingerprint density at radius 2 is 1.88 bits per heavy atom. The molecule has 1 atom stereocenters. The Balaban J connectivity index is 1.50. The van der Waals surface area contributed by atoms with Crippen LogP contribution in [-0.4, -0.2) is 70.4 Å². The van der Waals surface area contributed by atoms with E-state index in [2.05, 4.69) is 15.0 Å². The first-order valence-electron chi connectivity index (χ1n) is 10.1. The molecule has 1 saturated heterocycles. The van der Waals surface area contributed by atoms with Crippen molar-refractivity contribution in [2.45, 2.75) is 17.5 Å². The van der Waals surface area contributed by atoms with E-state index < -0.39 is 27.5 Å². The van der Waals surface area contributed by atoms with Crippen LogP contribution in [0.5, 0.6) is 0 Å². The molecule has 2 aromatic rings. The molecule has 11 heteroatoms. The molecule has 1 N–H and O–H groups in total. The molecule has 2 aromatic carbocycles. The van der Waals surface area contributed by atoms with Crippen LogP contribution in [0.1, 0.15) is 15.9 Å². The molecule has 33 heavy (non-hydrogen) atoms. The average Bonchev–Trinajstić information content (AvgIpc) is 2.80. The molecule has 0 aliphatic carbocycles. The van der Waals surface area contributed by atoms with E-state index in [4.69, 9.17) is 27.9 Å². The fourth-order valence-electron chi connectivity index (χ4n) is 3.39. The van der Waals surface area contributed by atoms with Crippen molar-refractivity contribution in [3.8, 4) is 0 Å². The first kappa shape index (κ1) is 25.5. The van der Waals surface area contributed by atoms with E-state index in [1.165, 1.54) is 31.4 Å². The van der Waals surface area contributed by atoms with Crippen LogP contribution in [-0.2, 0) is 30.7 Å². The summed E-state index contributed by atoms with van der Waals surface area (Å²) in [5.74, 6) is -1.90. The Bertz CT molecular complexity index is 1110. The lowest BCUT2D eigenvalue weighted by Gasteiger charge is -2.33. The van der Waals surface area contributed by atoms with Crippen molar-refractivity contribution in [2.24, 2.45) is 0 Å². The highest BCUT2D eigenvalue weighted by Crippen LogP contribution is 2.23. The second-order valence-electron chi connectivity index (χ2n) is 7.56. The van der Waals surface area contributed by atoms with Gasteiger partial charge in [0.15, 0.2) is 9.84 Å². The van der Waals surface area contributed by atoms with Gasteiger partial charge in [0.1, 0.15) is 5.75 Å². The third kappa shape index (κ3) is 7.15. The Kier molecular flexibility index (Phi) is 8.72. The van der Waals surface area contributed by atoms with E-state index in [-0.39, 0.29) is 23.1 Å². The van der Waals surface area contributed by atoms with E-state index in [9.17, 15) is 18.0 Å². The zero-order valence-electron chi connectivity index (χ0n) is 17.9. The van der Waals surface area contributed by atoms with Crippen molar-refractivity contribution >= 4 is 44.9 Å². The maximum atomic E-state index is 12.5. The largest absolute Gasteiger partial charge is 0.465 e. The van der Waals surface area contributed by atoms with Crippen LogP contribution in [0.2, 0.25) is 10.0 Å². The van der Waals surface area contributed by atoms with Crippen molar-refractivity contribution in [3.63, 3.8) is 0 Å². The van der Waals surface area contributed by atoms with Gasteiger partial charge in [-0.25, -0.2) is 13.2 Å². The quantitative estimate of drug-likeness (QED) is 0.540. The van der Waals surface area contributed by atoms with E-state index in [1.54, 1.807) is 6.07 Å². The van der Waals surface area contributed by atoms with Gasteiger partial charge in [0.2, 0.25) is 5.91 Å². The van der Waals surface area contributed by atoms with Gasteiger partial charge in [-0.15, -0.1) is 0 Å². The number of nitrogens with one attached hydrogen (secondary N) is 1. The summed E-state index contributed by atoms with van der Waals surface area (Å²) in [5.41, 5.74) is 1.24. The fourth-order valence-corrected chi connectivity index (χ4v) is 4.88. The summed E-state index contributed by atoms with van der Waals surface area (Å²) >= 11 is 12.0. The summed E-state index contributed by atoms with van der Waals surface area (Å²) in [6, 6.07) is 10.7. The minimum Gasteiger partial charge on any atom is -0.465 e. The van der Waals surface area contributed by atoms with Gasteiger partial charge >= 0.3 is 5.97 Å². The van der Waals surface area contributed by atoms with Crippen molar-refractivity contribution in [2.75, 3.05) is 39.1 Å². The lowest BCUT2D eigenvalue weighted by Crippen LogP contribution is -2.47. The number of amides is 1. The minimum absolute atomic E-state index is 0.0491. The number of carbonyl (C=O) groups excluding carboxylic acids is 2. The summed E-state index contributed by atoms with van der Waals surface area (Å²) in [5, 5.41) is 3.63. The van der Waals surface area contributed by atoms with Crippen LogP contribution in [0.15, 0.2) is 47.4 Å². The van der Waals surface area contributed by atoms with Crippen molar-refractivity contribution < 1.29 is 27.5 Å². The molecule has 8 nitrogen and oxygen atoms in total. The molecule has 1 aliphatic heterocycles. The predicted molar refractivity (Wildman–Crippen MR) is 124 cm³/mol. The van der Waals surface area contributed by atoms with Crippen molar-refractivity contribution in [1.82, 2.24) is 10.2 Å². The third-order valence-electron chi connectivity index (χ3n) is 5.10. The Morgan fingerprint density at radius 3 is 2.55 bits per heavy atom. The summed E-state index contributed by atoms with van der Waals surface area (Å²) in [6.07, 6.45) is -0.271. The lowest BCUT2D eigenvalue weighted by molar-refractivity contribution is -0.119. The number of nitrogens with zero attached hydrogens (tertiary/aromatic N) is 1. The van der Waals surface area contributed by atoms with Gasteiger partial charge in [0.25, 0.3) is 0 Å². The molecule has 1 heterocycles. The highest BCUT2D eigenvalue weighted by Gasteiger charge is 2.24. The van der Waals surface area contributed by atoms with E-state index in [1.807, 2.05) is 12.1 Å². The standard InChI is InChI=1S/C22H24Cl2N2O6S/c1-31-22(28)16-3-5-18(6-4-16)33(29,30)14-21(27)25-11-17-13-26(8-9-32-17)12-15-2-7-19(23)20(24)10-15/h2-7,10,17H,8-9,11-14H2,1H3,(H,25,27). The molecule has 3 rings (SSSR count). The van der Waals surface area contributed by atoms with Gasteiger partial charge in [-0.3, -0.25) is 9.69 Å². The van der Waals surface area contributed by atoms with E-state index in [0.29, 0.717) is 29.7 Å². The summed E-state index contributed by atoms with van der Waals surface area (Å²) < 4.78 is 35.3. The van der Waals surface area contributed by atoms with Crippen LogP contribution in [0, 0.1) is 0 Å². The number of carbonyl (C=O) groups is 2. The summed E-state index contributed by atoms with van der Waals surface area (Å²) in [6.45, 7) is 2.63. The second kappa shape index (κ2) is 11.3. The number of rotatable bonds is 8. The second-order valence-corrected chi connectivity index (χ2v) is 10.4. The maximum Gasteiger partial charge on any atom is 0.337 e. The lowest BCUT2D eigenvalue weighted by atomic mass is 10.2.